The number of rotatable bonds is 1. The fraction of sp³-hybridized carbons (Fsp3) is 0.800. The molecule has 0 N–H and O–H groups in total. The monoisotopic (exact) mass is 98.1 g/mol. The fourth-order valence-corrected chi connectivity index (χ4v) is 0.501. The second-order valence-corrected chi connectivity index (χ2v) is 1.58. The topological polar surface area (TPSA) is 21.6 Å². The Hall–Kier alpha value is -0.530. The molecule has 0 saturated heterocycles. The standard InChI is InChI=1S/C5H8NO/c1-2-5-3-6-4-7-5/h5H,2-3H2,1H3. The van der Waals surface area contributed by atoms with E-state index in [0.717, 1.165) is 13.0 Å². The van der Waals surface area contributed by atoms with Gasteiger partial charge in [-0.05, 0) is 6.42 Å². The molecule has 0 bridgehead atoms. The molecule has 39 valence electrons. The van der Waals surface area contributed by atoms with Crippen molar-refractivity contribution in [1.82, 2.24) is 0 Å². The molecule has 1 heterocycles. The quantitative estimate of drug-likeness (QED) is 0.473. The molecule has 0 aliphatic carbocycles. The van der Waals surface area contributed by atoms with E-state index in [1.807, 2.05) is 0 Å². The van der Waals surface area contributed by atoms with Crippen LogP contribution in [0.3, 0.4) is 0 Å². The van der Waals surface area contributed by atoms with Gasteiger partial charge < -0.3 is 4.74 Å². The van der Waals surface area contributed by atoms with Crippen LogP contribution in [0.5, 0.6) is 0 Å². The van der Waals surface area contributed by atoms with Gasteiger partial charge >= 0.3 is 0 Å². The van der Waals surface area contributed by atoms with Crippen molar-refractivity contribution in [3.63, 3.8) is 0 Å². The summed E-state index contributed by atoms with van der Waals surface area (Å²) in [5.74, 6) is 0. The van der Waals surface area contributed by atoms with Crippen LogP contribution in [0.2, 0.25) is 0 Å². The van der Waals surface area contributed by atoms with Gasteiger partial charge in [-0.25, -0.2) is 4.99 Å². The van der Waals surface area contributed by atoms with E-state index in [9.17, 15) is 0 Å². The summed E-state index contributed by atoms with van der Waals surface area (Å²) in [6, 6.07) is 0. The summed E-state index contributed by atoms with van der Waals surface area (Å²) in [6.45, 7) is 2.88. The number of aliphatic imine (C=N–C) groups is 1. The highest BCUT2D eigenvalue weighted by Gasteiger charge is 2.08. The fourth-order valence-electron chi connectivity index (χ4n) is 0.501. The second-order valence-electron chi connectivity index (χ2n) is 1.58. The van der Waals surface area contributed by atoms with E-state index in [-0.39, 0.29) is 0 Å². The first-order chi connectivity index (χ1) is 3.43. The number of ether oxygens (including phenoxy) is 1. The van der Waals surface area contributed by atoms with E-state index in [1.54, 1.807) is 0 Å². The van der Waals surface area contributed by atoms with Crippen molar-refractivity contribution in [2.24, 2.45) is 4.99 Å². The van der Waals surface area contributed by atoms with Crippen LogP contribution in [0.1, 0.15) is 13.3 Å². The second kappa shape index (κ2) is 1.96. The molecule has 1 radical (unpaired) electrons. The minimum Gasteiger partial charge on any atom is -0.469 e. The van der Waals surface area contributed by atoms with Gasteiger partial charge in [-0.3, -0.25) is 0 Å². The summed E-state index contributed by atoms with van der Waals surface area (Å²) in [6.07, 6.45) is 3.81. The molecule has 0 spiro atoms. The van der Waals surface area contributed by atoms with Crippen LogP contribution in [-0.2, 0) is 4.74 Å². The molecule has 1 atom stereocenters. The summed E-state index contributed by atoms with van der Waals surface area (Å²) in [7, 11) is 0. The molecule has 0 aromatic heterocycles. The lowest BCUT2D eigenvalue weighted by Crippen LogP contribution is -2.06. The van der Waals surface area contributed by atoms with E-state index in [0.29, 0.717) is 6.10 Å². The molecule has 0 amide bonds. The smallest absolute Gasteiger partial charge is 0.273 e. The van der Waals surface area contributed by atoms with Gasteiger partial charge in [-0.1, -0.05) is 6.92 Å². The third-order valence-electron chi connectivity index (χ3n) is 1.03. The third kappa shape index (κ3) is 0.918. The van der Waals surface area contributed by atoms with E-state index >= 15 is 0 Å². The van der Waals surface area contributed by atoms with E-state index in [2.05, 4.69) is 18.3 Å². The predicted octanol–water partition coefficient (Wildman–Crippen LogP) is 0.701. The summed E-state index contributed by atoms with van der Waals surface area (Å²) < 4.78 is 4.89. The Balaban J connectivity index is 2.22. The molecule has 0 aromatic carbocycles. The van der Waals surface area contributed by atoms with Crippen LogP contribution in [-0.4, -0.2) is 19.0 Å². The number of hydrogen-bond acceptors (Lipinski definition) is 2. The maximum Gasteiger partial charge on any atom is 0.273 e. The summed E-state index contributed by atoms with van der Waals surface area (Å²) in [4.78, 5) is 3.76. The first kappa shape index (κ1) is 4.62. The zero-order chi connectivity index (χ0) is 5.11. The highest BCUT2D eigenvalue weighted by Crippen LogP contribution is 2.00. The van der Waals surface area contributed by atoms with Gasteiger partial charge in [0.1, 0.15) is 6.10 Å². The van der Waals surface area contributed by atoms with Crippen LogP contribution >= 0.6 is 0 Å². The minimum atomic E-state index is 0.319. The highest BCUT2D eigenvalue weighted by atomic mass is 16.5. The Kier molecular flexibility index (Phi) is 1.29. The molecule has 7 heavy (non-hydrogen) atoms. The molecule has 2 heteroatoms. The predicted molar refractivity (Wildman–Crippen MR) is 27.5 cm³/mol. The molecule has 0 fully saturated rings. The zero-order valence-electron chi connectivity index (χ0n) is 4.35. The Morgan fingerprint density at radius 2 is 2.86 bits per heavy atom. The molecular weight excluding hydrogens is 90.1 g/mol. The van der Waals surface area contributed by atoms with Gasteiger partial charge in [0.25, 0.3) is 6.40 Å². The Morgan fingerprint density at radius 1 is 2.00 bits per heavy atom. The minimum absolute atomic E-state index is 0.319. The van der Waals surface area contributed by atoms with Gasteiger partial charge in [-0.2, -0.15) is 0 Å². The average Bonchev–Trinajstić information content (AvgIpc) is 2.14. The van der Waals surface area contributed by atoms with Crippen molar-refractivity contribution >= 4 is 6.40 Å². The Labute approximate surface area is 43.2 Å². The third-order valence-corrected chi connectivity index (χ3v) is 1.03. The van der Waals surface area contributed by atoms with Gasteiger partial charge in [0.15, 0.2) is 0 Å². The van der Waals surface area contributed by atoms with Crippen molar-refractivity contribution < 1.29 is 4.74 Å². The van der Waals surface area contributed by atoms with Crippen LogP contribution < -0.4 is 0 Å². The summed E-state index contributed by atoms with van der Waals surface area (Å²) >= 11 is 0. The van der Waals surface area contributed by atoms with Gasteiger partial charge in [0.2, 0.25) is 0 Å². The van der Waals surface area contributed by atoms with Crippen molar-refractivity contribution in [1.29, 1.82) is 0 Å². The van der Waals surface area contributed by atoms with Crippen LogP contribution in [0.15, 0.2) is 4.99 Å². The Morgan fingerprint density at radius 3 is 3.14 bits per heavy atom. The molecule has 1 unspecified atom stereocenters. The van der Waals surface area contributed by atoms with Crippen LogP contribution in [0, 0.1) is 0 Å². The Bertz CT molecular complexity index is 72.1. The molecule has 2 nitrogen and oxygen atoms in total. The maximum absolute atomic E-state index is 4.89. The van der Waals surface area contributed by atoms with Crippen molar-refractivity contribution in [2.45, 2.75) is 19.4 Å². The molecular formula is C5H8NO. The van der Waals surface area contributed by atoms with Gasteiger partial charge in [0, 0.05) is 0 Å². The van der Waals surface area contributed by atoms with Gasteiger partial charge in [0.05, 0.1) is 6.54 Å². The summed E-state index contributed by atoms with van der Waals surface area (Å²) in [5.41, 5.74) is 0. The van der Waals surface area contributed by atoms with E-state index < -0.39 is 0 Å². The maximum atomic E-state index is 4.89. The molecule has 0 saturated carbocycles. The first-order valence-corrected chi connectivity index (χ1v) is 2.50. The largest absolute Gasteiger partial charge is 0.469 e. The lowest BCUT2D eigenvalue weighted by molar-refractivity contribution is 0.229. The van der Waals surface area contributed by atoms with Crippen molar-refractivity contribution in [2.75, 3.05) is 6.54 Å². The SMILES string of the molecule is CCC1CN=[C]O1. The number of hydrogen-bond donors (Lipinski definition) is 0. The summed E-state index contributed by atoms with van der Waals surface area (Å²) in [5, 5.41) is 0. The number of nitrogens with zero attached hydrogens (tertiary/aromatic N) is 1. The highest BCUT2D eigenvalue weighted by molar-refractivity contribution is 5.48. The van der Waals surface area contributed by atoms with Crippen LogP contribution in [0.25, 0.3) is 0 Å². The lowest BCUT2D eigenvalue weighted by atomic mass is 10.3. The van der Waals surface area contributed by atoms with Crippen LogP contribution in [0.4, 0.5) is 0 Å². The lowest BCUT2D eigenvalue weighted by Gasteiger charge is -2.00. The first-order valence-electron chi connectivity index (χ1n) is 2.50. The molecule has 1 aliphatic heterocycles. The van der Waals surface area contributed by atoms with Gasteiger partial charge in [-0.15, -0.1) is 0 Å². The average molecular weight is 98.1 g/mol. The normalized spacial score (nSPS) is 27.9. The molecule has 1 aliphatic rings. The van der Waals surface area contributed by atoms with Crippen molar-refractivity contribution in [3.8, 4) is 0 Å². The molecule has 1 rings (SSSR count). The molecule has 0 aromatic rings. The zero-order valence-corrected chi connectivity index (χ0v) is 4.35. The van der Waals surface area contributed by atoms with Crippen molar-refractivity contribution in [3.05, 3.63) is 0 Å². The van der Waals surface area contributed by atoms with E-state index in [4.69, 9.17) is 4.74 Å². The van der Waals surface area contributed by atoms with E-state index in [1.165, 1.54) is 0 Å².